The second-order valence-electron chi connectivity index (χ2n) is 10.6. The normalized spacial score (nSPS) is 15.7. The van der Waals surface area contributed by atoms with Crippen LogP contribution in [-0.4, -0.2) is 73.8 Å². The first-order chi connectivity index (χ1) is 19.3. The number of halogens is 3. The molecule has 0 saturated carbocycles. The van der Waals surface area contributed by atoms with Crippen LogP contribution in [0.4, 0.5) is 24.5 Å². The predicted octanol–water partition coefficient (Wildman–Crippen LogP) is 4.40. The molecule has 13 heteroatoms. The van der Waals surface area contributed by atoms with Crippen molar-refractivity contribution in [2.24, 2.45) is 7.05 Å². The van der Waals surface area contributed by atoms with E-state index < -0.39 is 17.6 Å². The Labute approximate surface area is 235 Å². The van der Waals surface area contributed by atoms with Gasteiger partial charge in [-0.15, -0.1) is 5.10 Å². The van der Waals surface area contributed by atoms with E-state index in [9.17, 15) is 18.0 Å². The van der Waals surface area contributed by atoms with Crippen molar-refractivity contribution in [1.82, 2.24) is 34.7 Å². The average molecular weight is 568 g/mol. The molecule has 1 fully saturated rings. The molecule has 1 atom stereocenters. The zero-order valence-electron chi connectivity index (χ0n) is 23.8. The van der Waals surface area contributed by atoms with Gasteiger partial charge in [-0.05, 0) is 65.0 Å². The fraction of sp³-hybridized carbons (Fsp3) is 0.393. The number of aryl methyl sites for hydroxylation is 2. The maximum Gasteiger partial charge on any atom is 0.416 e. The van der Waals surface area contributed by atoms with Gasteiger partial charge in [-0.1, -0.05) is 5.21 Å². The molecule has 1 aromatic carbocycles. The first-order valence-electron chi connectivity index (χ1n) is 13.2. The van der Waals surface area contributed by atoms with Gasteiger partial charge in [0.25, 0.3) is 5.91 Å². The topological polar surface area (TPSA) is 97.0 Å². The lowest BCUT2D eigenvalue weighted by Gasteiger charge is -2.26. The van der Waals surface area contributed by atoms with Crippen molar-refractivity contribution in [2.75, 3.05) is 37.4 Å². The van der Waals surface area contributed by atoms with Gasteiger partial charge in [-0.3, -0.25) is 14.5 Å². The van der Waals surface area contributed by atoms with E-state index in [-0.39, 0.29) is 22.9 Å². The lowest BCUT2D eigenvalue weighted by Crippen LogP contribution is -2.32. The summed E-state index contributed by atoms with van der Waals surface area (Å²) in [6.45, 7) is 6.40. The fourth-order valence-electron chi connectivity index (χ4n) is 5.11. The quantitative estimate of drug-likeness (QED) is 0.369. The maximum absolute atomic E-state index is 14.0. The van der Waals surface area contributed by atoms with Crippen molar-refractivity contribution < 1.29 is 18.0 Å². The molecule has 1 amide bonds. The Bertz CT molecular complexity index is 1610. The van der Waals surface area contributed by atoms with Crippen molar-refractivity contribution in [2.45, 2.75) is 39.4 Å². The van der Waals surface area contributed by atoms with E-state index >= 15 is 0 Å². The molecule has 5 rings (SSSR count). The molecule has 4 heterocycles. The smallest absolute Gasteiger partial charge is 0.370 e. The zero-order chi connectivity index (χ0) is 29.6. The molecule has 216 valence electrons. The van der Waals surface area contributed by atoms with E-state index in [4.69, 9.17) is 0 Å². The third-order valence-electron chi connectivity index (χ3n) is 7.75. The molecule has 0 aliphatic carbocycles. The van der Waals surface area contributed by atoms with Crippen molar-refractivity contribution >= 4 is 17.3 Å². The molecule has 41 heavy (non-hydrogen) atoms. The molecule has 3 aromatic heterocycles. The van der Waals surface area contributed by atoms with Crippen LogP contribution in [0.3, 0.4) is 0 Å². The highest BCUT2D eigenvalue weighted by Gasteiger charge is 2.36. The van der Waals surface area contributed by atoms with Gasteiger partial charge in [0, 0.05) is 55.0 Å². The van der Waals surface area contributed by atoms with E-state index in [1.807, 2.05) is 33.0 Å². The van der Waals surface area contributed by atoms with Gasteiger partial charge in [0.1, 0.15) is 5.69 Å². The molecule has 1 aliphatic rings. The summed E-state index contributed by atoms with van der Waals surface area (Å²) in [6.07, 6.45) is 1.07. The van der Waals surface area contributed by atoms with Gasteiger partial charge in [0.2, 0.25) is 0 Å². The Morgan fingerprint density at radius 1 is 1.10 bits per heavy atom. The Kier molecular flexibility index (Phi) is 7.32. The second-order valence-corrected chi connectivity index (χ2v) is 10.6. The van der Waals surface area contributed by atoms with Crippen LogP contribution in [0.1, 0.15) is 39.3 Å². The van der Waals surface area contributed by atoms with Crippen LogP contribution in [0.15, 0.2) is 36.8 Å². The minimum Gasteiger partial charge on any atom is -0.370 e. The van der Waals surface area contributed by atoms with Gasteiger partial charge in [-0.25, -0.2) is 4.68 Å². The van der Waals surface area contributed by atoms with E-state index in [1.54, 1.807) is 36.1 Å². The van der Waals surface area contributed by atoms with Crippen molar-refractivity contribution in [3.63, 3.8) is 0 Å². The first-order valence-corrected chi connectivity index (χ1v) is 13.2. The Hall–Kier alpha value is -4.26. The van der Waals surface area contributed by atoms with E-state index in [1.165, 1.54) is 17.8 Å². The van der Waals surface area contributed by atoms with Crippen molar-refractivity contribution in [1.29, 1.82) is 0 Å². The number of benzene rings is 1. The molecular weight excluding hydrogens is 535 g/mol. The number of likely N-dealkylation sites (N-methyl/N-ethyl adjacent to an activating group) is 1. The number of alkyl halides is 3. The molecular formula is C28H32F3N9O. The molecule has 1 saturated heterocycles. The number of anilines is 2. The van der Waals surface area contributed by atoms with Gasteiger partial charge >= 0.3 is 6.18 Å². The van der Waals surface area contributed by atoms with Crippen LogP contribution < -0.4 is 10.2 Å². The van der Waals surface area contributed by atoms with Crippen LogP contribution in [0.25, 0.3) is 16.9 Å². The molecule has 4 aromatic rings. The number of hydrogen-bond acceptors (Lipinski definition) is 7. The van der Waals surface area contributed by atoms with Gasteiger partial charge in [0.05, 0.1) is 34.9 Å². The SMILES string of the molecule is Cc1ncc(C(=O)Nc2cc(N3CCC(N(C)C)C3)c(C)c(C(F)(F)F)c2)cc1-n1cc(-c2cnn(C)c2C)nn1. The van der Waals surface area contributed by atoms with E-state index in [0.29, 0.717) is 35.9 Å². The molecule has 1 N–H and O–H groups in total. The number of amides is 1. The highest BCUT2D eigenvalue weighted by molar-refractivity contribution is 6.04. The highest BCUT2D eigenvalue weighted by atomic mass is 19.4. The standard InChI is InChI=1S/C28H32F3N9O/c1-16-23(28(29,30)31)10-20(11-25(16)39-8-7-21(14-39)37(4)5)34-27(41)19-9-26(17(2)32-12-19)40-15-24(35-36-40)22-13-33-38(6)18(22)3/h9-13,15,21H,7-8,14H2,1-6H3,(H,34,41). The summed E-state index contributed by atoms with van der Waals surface area (Å²) in [5.41, 5.74) is 3.52. The number of hydrogen-bond donors (Lipinski definition) is 1. The average Bonchev–Trinajstić information content (AvgIpc) is 3.66. The summed E-state index contributed by atoms with van der Waals surface area (Å²) >= 11 is 0. The Balaban J connectivity index is 1.44. The van der Waals surface area contributed by atoms with Crippen molar-refractivity contribution in [3.8, 4) is 16.9 Å². The number of pyridine rings is 1. The molecule has 10 nitrogen and oxygen atoms in total. The summed E-state index contributed by atoms with van der Waals surface area (Å²) in [5, 5.41) is 15.3. The maximum atomic E-state index is 14.0. The number of aromatic nitrogens is 6. The lowest BCUT2D eigenvalue weighted by atomic mass is 10.0. The number of nitrogens with one attached hydrogen (secondary N) is 1. The number of nitrogens with zero attached hydrogens (tertiary/aromatic N) is 8. The zero-order valence-corrected chi connectivity index (χ0v) is 23.8. The summed E-state index contributed by atoms with van der Waals surface area (Å²) < 4.78 is 45.3. The molecule has 0 radical (unpaired) electrons. The summed E-state index contributed by atoms with van der Waals surface area (Å²) in [5.74, 6) is -0.585. The monoisotopic (exact) mass is 567 g/mol. The van der Waals surface area contributed by atoms with Crippen LogP contribution >= 0.6 is 0 Å². The molecule has 0 spiro atoms. The number of carbonyl (C=O) groups excluding carboxylic acids is 1. The summed E-state index contributed by atoms with van der Waals surface area (Å²) in [6, 6.07) is 4.42. The van der Waals surface area contributed by atoms with Crippen LogP contribution in [0.5, 0.6) is 0 Å². The number of carbonyl (C=O) groups is 1. The largest absolute Gasteiger partial charge is 0.416 e. The van der Waals surface area contributed by atoms with Gasteiger partial charge in [-0.2, -0.15) is 18.3 Å². The third-order valence-corrected chi connectivity index (χ3v) is 7.75. The van der Waals surface area contributed by atoms with Crippen LogP contribution in [-0.2, 0) is 13.2 Å². The van der Waals surface area contributed by atoms with E-state index in [2.05, 4.69) is 30.6 Å². The molecule has 0 bridgehead atoms. The van der Waals surface area contributed by atoms with Crippen LogP contribution in [0.2, 0.25) is 0 Å². The minimum atomic E-state index is -4.57. The van der Waals surface area contributed by atoms with Gasteiger partial charge < -0.3 is 15.1 Å². The summed E-state index contributed by atoms with van der Waals surface area (Å²) in [4.78, 5) is 21.7. The van der Waals surface area contributed by atoms with Gasteiger partial charge in [0.15, 0.2) is 0 Å². The fourth-order valence-corrected chi connectivity index (χ4v) is 5.11. The Morgan fingerprint density at radius 2 is 1.85 bits per heavy atom. The highest BCUT2D eigenvalue weighted by Crippen LogP contribution is 2.39. The molecule has 1 unspecified atom stereocenters. The van der Waals surface area contributed by atoms with Crippen LogP contribution in [0, 0.1) is 20.8 Å². The summed E-state index contributed by atoms with van der Waals surface area (Å²) in [7, 11) is 5.76. The Morgan fingerprint density at radius 3 is 2.49 bits per heavy atom. The lowest BCUT2D eigenvalue weighted by molar-refractivity contribution is -0.138. The first kappa shape index (κ1) is 28.3. The second kappa shape index (κ2) is 10.6. The number of rotatable bonds is 6. The minimum absolute atomic E-state index is 0.0634. The molecule has 1 aliphatic heterocycles. The van der Waals surface area contributed by atoms with E-state index in [0.717, 1.165) is 23.7 Å². The third kappa shape index (κ3) is 5.53. The van der Waals surface area contributed by atoms with Crippen molar-refractivity contribution in [3.05, 3.63) is 64.9 Å². The predicted molar refractivity (Wildman–Crippen MR) is 149 cm³/mol.